The van der Waals surface area contributed by atoms with Crippen molar-refractivity contribution in [3.63, 3.8) is 0 Å². The number of non-ortho nitro benzene ring substituents is 1. The summed E-state index contributed by atoms with van der Waals surface area (Å²) in [4.78, 5) is 33.3. The molecule has 35 heavy (non-hydrogen) atoms. The Labute approximate surface area is 206 Å². The normalized spacial score (nSPS) is 10.6. The molecule has 0 bridgehead atoms. The van der Waals surface area contributed by atoms with Crippen LogP contribution in [0.5, 0.6) is 23.0 Å². The van der Waals surface area contributed by atoms with Crippen LogP contribution in [0.25, 0.3) is 0 Å². The van der Waals surface area contributed by atoms with Crippen molar-refractivity contribution in [3.05, 3.63) is 90.4 Å². The van der Waals surface area contributed by atoms with Gasteiger partial charge in [-0.2, -0.15) is 5.10 Å². The standard InChI is InChI=1S/C22H17BrN4O8/c1-33-20-6-3-13(10-21(20)34-2)22(28)25-24-12-14-9-15(23)4-7-18(14)35-19-8-5-16(26(29)30)11-17(19)27(31)32/h3-12H,1-2H3,(H,25,28)/b24-12+. The van der Waals surface area contributed by atoms with E-state index in [-0.39, 0.29) is 17.1 Å². The highest BCUT2D eigenvalue weighted by Gasteiger charge is 2.22. The summed E-state index contributed by atoms with van der Waals surface area (Å²) in [5, 5.41) is 26.3. The minimum atomic E-state index is -0.779. The Morgan fingerprint density at radius 3 is 2.26 bits per heavy atom. The average Bonchev–Trinajstić information content (AvgIpc) is 2.84. The molecule has 0 atom stereocenters. The molecule has 0 saturated carbocycles. The molecule has 12 nitrogen and oxygen atoms in total. The minimum absolute atomic E-state index is 0.161. The molecule has 0 spiro atoms. The topological polar surface area (TPSA) is 155 Å². The van der Waals surface area contributed by atoms with Crippen molar-refractivity contribution in [2.24, 2.45) is 5.10 Å². The number of hydrogen-bond donors (Lipinski definition) is 1. The van der Waals surface area contributed by atoms with Gasteiger partial charge in [-0.25, -0.2) is 5.43 Å². The van der Waals surface area contributed by atoms with Gasteiger partial charge < -0.3 is 14.2 Å². The van der Waals surface area contributed by atoms with Crippen molar-refractivity contribution in [1.82, 2.24) is 5.43 Å². The molecule has 3 aromatic rings. The number of ether oxygens (including phenoxy) is 3. The van der Waals surface area contributed by atoms with Crippen LogP contribution in [0.15, 0.2) is 64.2 Å². The summed E-state index contributed by atoms with van der Waals surface area (Å²) in [7, 11) is 2.92. The molecule has 3 aromatic carbocycles. The van der Waals surface area contributed by atoms with E-state index in [1.807, 2.05) is 0 Å². The van der Waals surface area contributed by atoms with Crippen molar-refractivity contribution in [3.8, 4) is 23.0 Å². The fourth-order valence-electron chi connectivity index (χ4n) is 2.88. The SMILES string of the molecule is COc1ccc(C(=O)N/N=C/c2cc(Br)ccc2Oc2ccc([N+](=O)[O-])cc2[N+](=O)[O-])cc1OC. The predicted octanol–water partition coefficient (Wildman–Crippen LogP) is 4.84. The van der Waals surface area contributed by atoms with Gasteiger partial charge in [0.25, 0.3) is 11.6 Å². The summed E-state index contributed by atoms with van der Waals surface area (Å²) in [5.74, 6) is 0.271. The number of amides is 1. The van der Waals surface area contributed by atoms with E-state index in [9.17, 15) is 25.0 Å². The summed E-state index contributed by atoms with van der Waals surface area (Å²) in [5.41, 5.74) is 1.99. The molecule has 0 aliphatic carbocycles. The number of hydrogen-bond acceptors (Lipinski definition) is 9. The molecule has 0 aliphatic rings. The van der Waals surface area contributed by atoms with Crippen molar-refractivity contribution < 1.29 is 28.9 Å². The zero-order chi connectivity index (χ0) is 25.5. The second kappa shape index (κ2) is 11.1. The van der Waals surface area contributed by atoms with E-state index in [0.29, 0.717) is 21.5 Å². The average molecular weight is 545 g/mol. The number of nitro groups is 2. The first-order valence-electron chi connectivity index (χ1n) is 9.69. The van der Waals surface area contributed by atoms with E-state index in [2.05, 4.69) is 26.5 Å². The maximum atomic E-state index is 12.5. The predicted molar refractivity (Wildman–Crippen MR) is 129 cm³/mol. The van der Waals surface area contributed by atoms with Crippen LogP contribution >= 0.6 is 15.9 Å². The molecule has 0 saturated heterocycles. The van der Waals surface area contributed by atoms with E-state index < -0.39 is 27.1 Å². The number of nitrogens with zero attached hydrogens (tertiary/aromatic N) is 3. The van der Waals surface area contributed by atoms with Gasteiger partial charge in [-0.15, -0.1) is 0 Å². The first kappa shape index (κ1) is 25.1. The third-order valence-corrected chi connectivity index (χ3v) is 5.05. The summed E-state index contributed by atoms with van der Waals surface area (Å²) < 4.78 is 16.6. The van der Waals surface area contributed by atoms with Gasteiger partial charge >= 0.3 is 5.69 Å². The lowest BCUT2D eigenvalue weighted by molar-refractivity contribution is -0.394. The van der Waals surface area contributed by atoms with Gasteiger partial charge in [0, 0.05) is 21.7 Å². The number of halogens is 1. The van der Waals surface area contributed by atoms with E-state index in [1.165, 1.54) is 38.6 Å². The zero-order valence-corrected chi connectivity index (χ0v) is 19.8. The Morgan fingerprint density at radius 1 is 0.914 bits per heavy atom. The van der Waals surface area contributed by atoms with Crippen molar-refractivity contribution in [1.29, 1.82) is 0 Å². The van der Waals surface area contributed by atoms with Gasteiger partial charge in [-0.05, 0) is 42.5 Å². The van der Waals surface area contributed by atoms with Gasteiger partial charge in [0.15, 0.2) is 11.5 Å². The van der Waals surface area contributed by atoms with Crippen LogP contribution in [0, 0.1) is 20.2 Å². The quantitative estimate of drug-likeness (QED) is 0.228. The van der Waals surface area contributed by atoms with Crippen LogP contribution in [0.3, 0.4) is 0 Å². The molecule has 180 valence electrons. The minimum Gasteiger partial charge on any atom is -0.493 e. The molecule has 0 unspecified atom stereocenters. The zero-order valence-electron chi connectivity index (χ0n) is 18.3. The van der Waals surface area contributed by atoms with Crippen molar-refractivity contribution >= 4 is 39.4 Å². The molecule has 0 fully saturated rings. The molecule has 0 aromatic heterocycles. The Kier molecular flexibility index (Phi) is 7.94. The van der Waals surface area contributed by atoms with Crippen LogP contribution in [-0.2, 0) is 0 Å². The number of rotatable bonds is 9. The third kappa shape index (κ3) is 6.09. The number of benzene rings is 3. The molecule has 0 aliphatic heterocycles. The summed E-state index contributed by atoms with van der Waals surface area (Å²) in [6.07, 6.45) is 1.29. The molecular weight excluding hydrogens is 528 g/mol. The number of nitrogens with one attached hydrogen (secondary N) is 1. The first-order valence-corrected chi connectivity index (χ1v) is 10.5. The summed E-state index contributed by atoms with van der Waals surface area (Å²) in [6.45, 7) is 0. The molecule has 3 rings (SSSR count). The van der Waals surface area contributed by atoms with Crippen LogP contribution in [0.2, 0.25) is 0 Å². The molecule has 13 heteroatoms. The molecule has 0 radical (unpaired) electrons. The lowest BCUT2D eigenvalue weighted by Crippen LogP contribution is -2.17. The smallest absolute Gasteiger partial charge is 0.318 e. The van der Waals surface area contributed by atoms with E-state index in [0.717, 1.165) is 18.2 Å². The summed E-state index contributed by atoms with van der Waals surface area (Å²) >= 11 is 3.32. The third-order valence-electron chi connectivity index (χ3n) is 4.56. The summed E-state index contributed by atoms with van der Waals surface area (Å²) in [6, 6.07) is 12.4. The Hall–Kier alpha value is -4.52. The van der Waals surface area contributed by atoms with Gasteiger partial charge in [0.2, 0.25) is 5.75 Å². The fraction of sp³-hybridized carbons (Fsp3) is 0.0909. The lowest BCUT2D eigenvalue weighted by atomic mass is 10.2. The largest absolute Gasteiger partial charge is 0.493 e. The molecular formula is C22H17BrN4O8. The highest BCUT2D eigenvalue weighted by atomic mass is 79.9. The fourth-order valence-corrected chi connectivity index (χ4v) is 3.26. The van der Waals surface area contributed by atoms with Crippen molar-refractivity contribution in [2.75, 3.05) is 14.2 Å². The number of carbonyl (C=O) groups is 1. The molecule has 1 amide bonds. The second-order valence-corrected chi connectivity index (χ2v) is 7.64. The van der Waals surface area contributed by atoms with Crippen LogP contribution < -0.4 is 19.6 Å². The van der Waals surface area contributed by atoms with Crippen molar-refractivity contribution in [2.45, 2.75) is 0 Å². The van der Waals surface area contributed by atoms with Gasteiger partial charge in [-0.1, -0.05) is 15.9 Å². The highest BCUT2D eigenvalue weighted by Crippen LogP contribution is 2.36. The first-order chi connectivity index (χ1) is 16.7. The van der Waals surface area contributed by atoms with Crippen LogP contribution in [0.4, 0.5) is 11.4 Å². The van der Waals surface area contributed by atoms with Gasteiger partial charge in [0.05, 0.1) is 36.3 Å². The van der Waals surface area contributed by atoms with E-state index in [1.54, 1.807) is 18.2 Å². The molecule has 0 heterocycles. The van der Waals surface area contributed by atoms with Gasteiger partial charge in [0.1, 0.15) is 5.75 Å². The molecule has 1 N–H and O–H groups in total. The maximum absolute atomic E-state index is 12.5. The van der Waals surface area contributed by atoms with Gasteiger partial charge in [-0.3, -0.25) is 25.0 Å². The van der Waals surface area contributed by atoms with E-state index >= 15 is 0 Å². The Morgan fingerprint density at radius 2 is 1.60 bits per heavy atom. The number of nitro benzene ring substituents is 2. The van der Waals surface area contributed by atoms with Crippen LogP contribution in [0.1, 0.15) is 15.9 Å². The monoisotopic (exact) mass is 544 g/mol. The number of hydrazone groups is 1. The number of methoxy groups -OCH3 is 2. The maximum Gasteiger partial charge on any atom is 0.318 e. The number of carbonyl (C=O) groups excluding carboxylic acids is 1. The van der Waals surface area contributed by atoms with Crippen LogP contribution in [-0.4, -0.2) is 36.2 Å². The Balaban J connectivity index is 1.84. The Bertz CT molecular complexity index is 1330. The lowest BCUT2D eigenvalue weighted by Gasteiger charge is -2.10. The second-order valence-electron chi connectivity index (χ2n) is 6.72. The van der Waals surface area contributed by atoms with E-state index in [4.69, 9.17) is 14.2 Å². The highest BCUT2D eigenvalue weighted by molar-refractivity contribution is 9.10.